The molecule has 0 bridgehead atoms. The number of carbonyl (C=O) groups is 1. The van der Waals surface area contributed by atoms with Crippen molar-refractivity contribution in [3.05, 3.63) is 108 Å². The van der Waals surface area contributed by atoms with E-state index in [0.29, 0.717) is 11.7 Å². The Labute approximate surface area is 220 Å². The van der Waals surface area contributed by atoms with Gasteiger partial charge in [0.05, 0.1) is 11.7 Å². The fraction of sp³-hybridized carbons (Fsp3) is 0.179. The Morgan fingerprint density at radius 1 is 1.06 bits per heavy atom. The molecule has 2 unspecified atom stereocenters. The van der Waals surface area contributed by atoms with Gasteiger partial charge in [-0.25, -0.2) is 0 Å². The van der Waals surface area contributed by atoms with Crippen LogP contribution >= 0.6 is 24.0 Å². The van der Waals surface area contributed by atoms with E-state index in [-0.39, 0.29) is 24.4 Å². The van der Waals surface area contributed by atoms with Gasteiger partial charge in [-0.3, -0.25) is 9.78 Å². The standard InChI is InChI=1S/C28H26N4O2S2/c1-19-9-5-6-12-21(19)30-24(33)16-18-32-27(26(31-28(32)35)22-13-7-8-17-29-22)23-14-15-25(34-23)36-20-10-3-2-4-11-20/h2-15,17,26-27H,16,18H2,1H3,(H,30,33)(H,31,35). The zero-order chi connectivity index (χ0) is 24.9. The fourth-order valence-corrected chi connectivity index (χ4v) is 5.39. The molecule has 0 saturated carbocycles. The van der Waals surface area contributed by atoms with Crippen LogP contribution in [-0.4, -0.2) is 27.4 Å². The van der Waals surface area contributed by atoms with Gasteiger partial charge in [-0.05, 0) is 67.2 Å². The van der Waals surface area contributed by atoms with E-state index in [1.54, 1.807) is 18.0 Å². The van der Waals surface area contributed by atoms with Crippen LogP contribution in [0, 0.1) is 6.92 Å². The van der Waals surface area contributed by atoms with Gasteiger partial charge in [0, 0.05) is 29.7 Å². The number of hydrogen-bond donors (Lipinski definition) is 2. The summed E-state index contributed by atoms with van der Waals surface area (Å²) in [5.41, 5.74) is 2.71. The van der Waals surface area contributed by atoms with E-state index in [2.05, 4.69) is 27.8 Å². The maximum atomic E-state index is 12.8. The van der Waals surface area contributed by atoms with Crippen LogP contribution in [0.4, 0.5) is 5.69 Å². The number of nitrogens with one attached hydrogen (secondary N) is 2. The zero-order valence-corrected chi connectivity index (χ0v) is 21.4. The third-order valence-electron chi connectivity index (χ3n) is 6.05. The lowest BCUT2D eigenvalue weighted by Gasteiger charge is -2.25. The van der Waals surface area contributed by atoms with Gasteiger partial charge in [-0.1, -0.05) is 54.2 Å². The summed E-state index contributed by atoms with van der Waals surface area (Å²) < 4.78 is 6.31. The lowest BCUT2D eigenvalue weighted by Crippen LogP contribution is -2.32. The highest BCUT2D eigenvalue weighted by Gasteiger charge is 2.41. The zero-order valence-electron chi connectivity index (χ0n) is 19.8. The predicted molar refractivity (Wildman–Crippen MR) is 146 cm³/mol. The van der Waals surface area contributed by atoms with Gasteiger partial charge in [-0.15, -0.1) is 0 Å². The summed E-state index contributed by atoms with van der Waals surface area (Å²) >= 11 is 7.29. The summed E-state index contributed by atoms with van der Waals surface area (Å²) in [5, 5.41) is 7.79. The number of furan rings is 1. The molecule has 1 saturated heterocycles. The Morgan fingerprint density at radius 3 is 2.61 bits per heavy atom. The molecule has 6 nitrogen and oxygen atoms in total. The Morgan fingerprint density at radius 2 is 1.83 bits per heavy atom. The summed E-state index contributed by atoms with van der Waals surface area (Å²) in [7, 11) is 0. The summed E-state index contributed by atoms with van der Waals surface area (Å²) in [6.07, 6.45) is 2.06. The molecule has 1 amide bonds. The maximum absolute atomic E-state index is 12.8. The lowest BCUT2D eigenvalue weighted by molar-refractivity contribution is -0.116. The number of para-hydroxylation sites is 1. The fourth-order valence-electron chi connectivity index (χ4n) is 4.26. The molecule has 2 N–H and O–H groups in total. The molecule has 2 aromatic carbocycles. The van der Waals surface area contributed by atoms with Gasteiger partial charge in [0.25, 0.3) is 0 Å². The summed E-state index contributed by atoms with van der Waals surface area (Å²) in [6, 6.07) is 27.2. The van der Waals surface area contributed by atoms with E-state index in [4.69, 9.17) is 16.6 Å². The molecule has 0 spiro atoms. The minimum absolute atomic E-state index is 0.0631. The monoisotopic (exact) mass is 514 g/mol. The highest BCUT2D eigenvalue weighted by molar-refractivity contribution is 7.99. The topological polar surface area (TPSA) is 70.4 Å². The second-order valence-electron chi connectivity index (χ2n) is 8.51. The van der Waals surface area contributed by atoms with Crippen LogP contribution in [0.15, 0.2) is 106 Å². The van der Waals surface area contributed by atoms with Crippen LogP contribution in [0.2, 0.25) is 0 Å². The normalized spacial score (nSPS) is 17.1. The number of carbonyl (C=O) groups excluding carboxylic acids is 1. The number of anilines is 1. The van der Waals surface area contributed by atoms with Gasteiger partial charge in [0.1, 0.15) is 11.8 Å². The first-order valence-electron chi connectivity index (χ1n) is 11.7. The largest absolute Gasteiger partial charge is 0.452 e. The highest BCUT2D eigenvalue weighted by Crippen LogP contribution is 2.41. The van der Waals surface area contributed by atoms with E-state index in [0.717, 1.165) is 32.7 Å². The number of rotatable bonds is 8. The van der Waals surface area contributed by atoms with E-state index in [1.165, 1.54) is 0 Å². The third kappa shape index (κ3) is 5.45. The maximum Gasteiger partial charge on any atom is 0.226 e. The molecule has 3 heterocycles. The molecule has 5 rings (SSSR count). The van der Waals surface area contributed by atoms with Crippen molar-refractivity contribution in [2.24, 2.45) is 0 Å². The molecule has 2 atom stereocenters. The van der Waals surface area contributed by atoms with Crippen molar-refractivity contribution in [3.63, 3.8) is 0 Å². The molecule has 4 aromatic rings. The average molecular weight is 515 g/mol. The van der Waals surface area contributed by atoms with Crippen molar-refractivity contribution in [2.75, 3.05) is 11.9 Å². The minimum Gasteiger partial charge on any atom is -0.452 e. The van der Waals surface area contributed by atoms with Gasteiger partial charge in [0.2, 0.25) is 5.91 Å². The second-order valence-corrected chi connectivity index (χ2v) is 9.97. The van der Waals surface area contributed by atoms with Crippen molar-refractivity contribution in [1.29, 1.82) is 0 Å². The minimum atomic E-state index is -0.233. The quantitative estimate of drug-likeness (QED) is 0.274. The number of benzene rings is 2. The number of hydrogen-bond acceptors (Lipinski definition) is 5. The molecule has 0 radical (unpaired) electrons. The SMILES string of the molecule is Cc1ccccc1NC(=O)CCN1C(=S)NC(c2ccccn2)C1c1ccc(Sc2ccccc2)o1. The van der Waals surface area contributed by atoms with E-state index >= 15 is 0 Å². The summed E-state index contributed by atoms with van der Waals surface area (Å²) in [5.74, 6) is 0.711. The van der Waals surface area contributed by atoms with Crippen molar-refractivity contribution in [3.8, 4) is 0 Å². The van der Waals surface area contributed by atoms with Crippen LogP contribution in [0.3, 0.4) is 0 Å². The second kappa shape index (κ2) is 11.0. The molecule has 182 valence electrons. The van der Waals surface area contributed by atoms with E-state index < -0.39 is 0 Å². The average Bonchev–Trinajstić information content (AvgIpc) is 3.49. The smallest absolute Gasteiger partial charge is 0.226 e. The lowest BCUT2D eigenvalue weighted by atomic mass is 10.0. The predicted octanol–water partition coefficient (Wildman–Crippen LogP) is 6.14. The van der Waals surface area contributed by atoms with Crippen LogP contribution in [0.5, 0.6) is 0 Å². The summed E-state index contributed by atoms with van der Waals surface area (Å²) in [4.78, 5) is 20.5. The number of amides is 1. The first-order valence-corrected chi connectivity index (χ1v) is 13.0. The molecular formula is C28H26N4O2S2. The van der Waals surface area contributed by atoms with Gasteiger partial charge in [-0.2, -0.15) is 0 Å². The van der Waals surface area contributed by atoms with Crippen molar-refractivity contribution >= 4 is 40.7 Å². The Kier molecular flexibility index (Phi) is 7.34. The molecular weight excluding hydrogens is 488 g/mol. The van der Waals surface area contributed by atoms with Crippen molar-refractivity contribution < 1.29 is 9.21 Å². The van der Waals surface area contributed by atoms with Gasteiger partial charge < -0.3 is 20.0 Å². The Bertz CT molecular complexity index is 1340. The number of nitrogens with zero attached hydrogens (tertiary/aromatic N) is 2. The van der Waals surface area contributed by atoms with E-state index in [1.807, 2.05) is 84.6 Å². The molecule has 36 heavy (non-hydrogen) atoms. The number of aryl methyl sites for hydroxylation is 1. The molecule has 8 heteroatoms. The molecule has 0 aliphatic carbocycles. The van der Waals surface area contributed by atoms with Crippen LogP contribution in [-0.2, 0) is 4.79 Å². The van der Waals surface area contributed by atoms with Crippen LogP contribution in [0.25, 0.3) is 0 Å². The van der Waals surface area contributed by atoms with Crippen molar-refractivity contribution in [2.45, 2.75) is 35.4 Å². The number of pyridine rings is 1. The molecule has 1 aliphatic heterocycles. The van der Waals surface area contributed by atoms with Gasteiger partial charge >= 0.3 is 0 Å². The number of thiocarbonyl (C=S) groups is 1. The highest BCUT2D eigenvalue weighted by atomic mass is 32.2. The van der Waals surface area contributed by atoms with Crippen molar-refractivity contribution in [1.82, 2.24) is 15.2 Å². The molecule has 1 fully saturated rings. The Hall–Kier alpha value is -3.62. The first kappa shape index (κ1) is 24.1. The first-order chi connectivity index (χ1) is 17.6. The van der Waals surface area contributed by atoms with Gasteiger partial charge in [0.15, 0.2) is 10.2 Å². The van der Waals surface area contributed by atoms with Crippen LogP contribution < -0.4 is 10.6 Å². The molecule has 1 aliphatic rings. The number of aromatic nitrogens is 1. The Balaban J connectivity index is 1.36. The third-order valence-corrected chi connectivity index (χ3v) is 7.33. The molecule has 2 aromatic heterocycles. The van der Waals surface area contributed by atoms with E-state index in [9.17, 15) is 4.79 Å². The summed E-state index contributed by atoms with van der Waals surface area (Å²) in [6.45, 7) is 2.42. The van der Waals surface area contributed by atoms with Crippen LogP contribution in [0.1, 0.15) is 35.5 Å².